The Bertz CT molecular complexity index is 868. The van der Waals surface area contributed by atoms with Gasteiger partial charge in [0.1, 0.15) is 0 Å². The van der Waals surface area contributed by atoms with Crippen molar-refractivity contribution in [2.45, 2.75) is 26.3 Å². The lowest BCUT2D eigenvalue weighted by atomic mass is 9.96. The Hall–Kier alpha value is -2.08. The van der Waals surface area contributed by atoms with Crippen LogP contribution in [-0.4, -0.2) is 36.5 Å². The van der Waals surface area contributed by atoms with Crippen molar-refractivity contribution in [3.63, 3.8) is 0 Å². The third-order valence-electron chi connectivity index (χ3n) is 5.00. The van der Waals surface area contributed by atoms with Crippen LogP contribution in [0.1, 0.15) is 35.7 Å². The predicted octanol–water partition coefficient (Wildman–Crippen LogP) is 5.02. The first-order valence-corrected chi connectivity index (χ1v) is 10.5. The molecule has 29 heavy (non-hydrogen) atoms. The summed E-state index contributed by atoms with van der Waals surface area (Å²) in [6.07, 6.45) is 1.69. The number of esters is 1. The molecule has 1 amide bonds. The molecular formula is C22H24Cl2N2O3. The van der Waals surface area contributed by atoms with Gasteiger partial charge in [-0.1, -0.05) is 41.4 Å². The molecule has 1 saturated heterocycles. The number of likely N-dealkylation sites (tertiary alicyclic amines) is 1. The number of benzene rings is 2. The molecule has 0 aliphatic carbocycles. The van der Waals surface area contributed by atoms with Crippen molar-refractivity contribution >= 4 is 40.8 Å². The molecule has 1 aliphatic heterocycles. The average Bonchev–Trinajstić information content (AvgIpc) is 2.71. The van der Waals surface area contributed by atoms with E-state index in [1.165, 1.54) is 0 Å². The molecule has 0 radical (unpaired) electrons. The van der Waals surface area contributed by atoms with Crippen molar-refractivity contribution in [2.75, 3.05) is 25.0 Å². The molecule has 1 N–H and O–H groups in total. The zero-order chi connectivity index (χ0) is 20.8. The molecule has 7 heteroatoms. The summed E-state index contributed by atoms with van der Waals surface area (Å²) in [5.74, 6) is -0.723. The van der Waals surface area contributed by atoms with E-state index in [9.17, 15) is 9.59 Å². The molecule has 5 nitrogen and oxygen atoms in total. The third kappa shape index (κ3) is 5.50. The summed E-state index contributed by atoms with van der Waals surface area (Å²) < 4.78 is 5.08. The van der Waals surface area contributed by atoms with E-state index in [-0.39, 0.29) is 18.4 Å². The van der Waals surface area contributed by atoms with E-state index < -0.39 is 5.97 Å². The summed E-state index contributed by atoms with van der Waals surface area (Å²) in [4.78, 5) is 27.2. The van der Waals surface area contributed by atoms with E-state index in [0.29, 0.717) is 34.4 Å². The van der Waals surface area contributed by atoms with Crippen LogP contribution in [0.25, 0.3) is 0 Å². The maximum Gasteiger partial charge on any atom is 0.340 e. The molecule has 2 aromatic rings. The summed E-state index contributed by atoms with van der Waals surface area (Å²) in [5, 5.41) is 4.17. The van der Waals surface area contributed by atoms with Gasteiger partial charge in [-0.25, -0.2) is 4.79 Å². The minimum Gasteiger partial charge on any atom is -0.462 e. The largest absolute Gasteiger partial charge is 0.462 e. The standard InChI is InChI=1S/C22H24Cl2N2O3/c1-2-29-22(28)16-8-3-4-11-20(16)25-21(27)15-7-6-12-26(13-15)14-17-18(23)9-5-10-19(17)24/h3-5,8-11,15H,2,6-7,12-14H2,1H3,(H,25,27). The summed E-state index contributed by atoms with van der Waals surface area (Å²) in [5.41, 5.74) is 1.71. The fraction of sp³-hybridized carbons (Fsp3) is 0.364. The van der Waals surface area contributed by atoms with E-state index in [0.717, 1.165) is 24.9 Å². The fourth-order valence-electron chi connectivity index (χ4n) is 3.53. The first kappa shape index (κ1) is 21.6. The van der Waals surface area contributed by atoms with Crippen LogP contribution in [-0.2, 0) is 16.1 Å². The van der Waals surface area contributed by atoms with E-state index >= 15 is 0 Å². The summed E-state index contributed by atoms with van der Waals surface area (Å²) in [6.45, 7) is 4.12. The molecule has 1 atom stereocenters. The Balaban J connectivity index is 1.67. The summed E-state index contributed by atoms with van der Waals surface area (Å²) >= 11 is 12.6. The topological polar surface area (TPSA) is 58.6 Å². The molecule has 0 saturated carbocycles. The number of hydrogen-bond acceptors (Lipinski definition) is 4. The van der Waals surface area contributed by atoms with E-state index in [1.54, 1.807) is 31.2 Å². The molecule has 1 fully saturated rings. The van der Waals surface area contributed by atoms with Crippen LogP contribution >= 0.6 is 23.2 Å². The van der Waals surface area contributed by atoms with Crippen molar-refractivity contribution in [1.29, 1.82) is 0 Å². The SMILES string of the molecule is CCOC(=O)c1ccccc1NC(=O)C1CCCN(Cc2c(Cl)cccc2Cl)C1. The number of anilines is 1. The average molecular weight is 435 g/mol. The minimum absolute atomic E-state index is 0.100. The highest BCUT2D eigenvalue weighted by Crippen LogP contribution is 2.28. The smallest absolute Gasteiger partial charge is 0.340 e. The van der Waals surface area contributed by atoms with Crippen LogP contribution in [0.2, 0.25) is 10.0 Å². The highest BCUT2D eigenvalue weighted by Gasteiger charge is 2.27. The highest BCUT2D eigenvalue weighted by atomic mass is 35.5. The lowest BCUT2D eigenvalue weighted by molar-refractivity contribution is -0.121. The number of para-hydroxylation sites is 1. The van der Waals surface area contributed by atoms with Crippen LogP contribution in [0.4, 0.5) is 5.69 Å². The molecule has 1 aliphatic rings. The van der Waals surface area contributed by atoms with Gasteiger partial charge in [-0.2, -0.15) is 0 Å². The Morgan fingerprint density at radius 1 is 1.14 bits per heavy atom. The third-order valence-corrected chi connectivity index (χ3v) is 5.71. The van der Waals surface area contributed by atoms with E-state index in [4.69, 9.17) is 27.9 Å². The van der Waals surface area contributed by atoms with Crippen LogP contribution in [0.5, 0.6) is 0 Å². The number of hydrogen-bond donors (Lipinski definition) is 1. The van der Waals surface area contributed by atoms with Crippen molar-refractivity contribution in [2.24, 2.45) is 5.92 Å². The van der Waals surface area contributed by atoms with Crippen molar-refractivity contribution in [3.8, 4) is 0 Å². The molecule has 1 unspecified atom stereocenters. The molecule has 0 spiro atoms. The van der Waals surface area contributed by atoms with Gasteiger partial charge in [-0.05, 0) is 50.6 Å². The number of halogens is 2. The number of nitrogens with one attached hydrogen (secondary N) is 1. The van der Waals surface area contributed by atoms with Crippen LogP contribution in [0, 0.1) is 5.92 Å². The Morgan fingerprint density at radius 3 is 2.59 bits per heavy atom. The number of piperidine rings is 1. The first-order chi connectivity index (χ1) is 14.0. The van der Waals surface area contributed by atoms with Gasteiger partial charge < -0.3 is 10.1 Å². The molecule has 0 aromatic heterocycles. The van der Waals surface area contributed by atoms with Crippen LogP contribution in [0.3, 0.4) is 0 Å². The Morgan fingerprint density at radius 2 is 1.86 bits per heavy atom. The molecule has 154 valence electrons. The van der Waals surface area contributed by atoms with Gasteiger partial charge in [0.05, 0.1) is 23.8 Å². The van der Waals surface area contributed by atoms with Gasteiger partial charge >= 0.3 is 5.97 Å². The lowest BCUT2D eigenvalue weighted by Gasteiger charge is -2.32. The number of amides is 1. The second-order valence-electron chi connectivity index (χ2n) is 7.03. The highest BCUT2D eigenvalue weighted by molar-refractivity contribution is 6.35. The van der Waals surface area contributed by atoms with E-state index in [1.807, 2.05) is 18.2 Å². The maximum atomic E-state index is 12.9. The molecular weight excluding hydrogens is 411 g/mol. The van der Waals surface area contributed by atoms with Crippen LogP contribution < -0.4 is 5.32 Å². The number of carbonyl (C=O) groups is 2. The monoisotopic (exact) mass is 434 g/mol. The lowest BCUT2D eigenvalue weighted by Crippen LogP contribution is -2.40. The number of carbonyl (C=O) groups excluding carboxylic acids is 2. The van der Waals surface area contributed by atoms with Gasteiger partial charge in [-0.3, -0.25) is 9.69 Å². The predicted molar refractivity (Wildman–Crippen MR) is 115 cm³/mol. The fourth-order valence-corrected chi connectivity index (χ4v) is 4.05. The van der Waals surface area contributed by atoms with Gasteiger partial charge in [0.25, 0.3) is 0 Å². The minimum atomic E-state index is -0.443. The second kappa shape index (κ2) is 10.1. The summed E-state index contributed by atoms with van der Waals surface area (Å²) in [6, 6.07) is 12.4. The first-order valence-electron chi connectivity index (χ1n) is 9.71. The number of ether oxygens (including phenoxy) is 1. The van der Waals surface area contributed by atoms with Crippen LogP contribution in [0.15, 0.2) is 42.5 Å². The number of rotatable bonds is 6. The molecule has 0 bridgehead atoms. The summed E-state index contributed by atoms with van der Waals surface area (Å²) in [7, 11) is 0. The Kier molecular flexibility index (Phi) is 7.53. The molecule has 1 heterocycles. The van der Waals surface area contributed by atoms with Gasteiger partial charge in [-0.15, -0.1) is 0 Å². The van der Waals surface area contributed by atoms with Crippen molar-refractivity contribution in [1.82, 2.24) is 4.90 Å². The Labute approximate surface area is 180 Å². The van der Waals surface area contributed by atoms with Gasteiger partial charge in [0.2, 0.25) is 5.91 Å². The van der Waals surface area contributed by atoms with Gasteiger partial charge in [0.15, 0.2) is 0 Å². The maximum absolute atomic E-state index is 12.9. The van der Waals surface area contributed by atoms with Crippen molar-refractivity contribution in [3.05, 3.63) is 63.6 Å². The molecule has 3 rings (SSSR count). The quantitative estimate of drug-likeness (QED) is 0.648. The number of nitrogens with zero attached hydrogens (tertiary/aromatic N) is 1. The zero-order valence-corrected chi connectivity index (χ0v) is 17.8. The molecule has 2 aromatic carbocycles. The van der Waals surface area contributed by atoms with Gasteiger partial charge in [0, 0.05) is 28.7 Å². The second-order valence-corrected chi connectivity index (χ2v) is 7.84. The van der Waals surface area contributed by atoms with Crippen molar-refractivity contribution < 1.29 is 14.3 Å². The zero-order valence-electron chi connectivity index (χ0n) is 16.3. The normalized spacial score (nSPS) is 17.0. The van der Waals surface area contributed by atoms with E-state index in [2.05, 4.69) is 10.2 Å².